The zero-order valence-electron chi connectivity index (χ0n) is 12.5. The van der Waals surface area contributed by atoms with Gasteiger partial charge in [0.1, 0.15) is 5.82 Å². The van der Waals surface area contributed by atoms with E-state index >= 15 is 0 Å². The molecule has 0 radical (unpaired) electrons. The van der Waals surface area contributed by atoms with Gasteiger partial charge in [0.15, 0.2) is 5.65 Å². The fraction of sp³-hybridized carbons (Fsp3) is 0.643. The second-order valence-corrected chi connectivity index (χ2v) is 5.64. The van der Waals surface area contributed by atoms with E-state index in [0.717, 1.165) is 43.5 Å². The number of ether oxygens (including phenoxy) is 1. The van der Waals surface area contributed by atoms with E-state index in [9.17, 15) is 0 Å². The monoisotopic (exact) mass is 290 g/mol. The van der Waals surface area contributed by atoms with Crippen molar-refractivity contribution in [1.82, 2.24) is 20.2 Å². The number of fused-ring (bicyclic) bond motifs is 1. The molecule has 0 bridgehead atoms. The molecule has 0 aromatic carbocycles. The van der Waals surface area contributed by atoms with Crippen LogP contribution in [-0.2, 0) is 4.74 Å². The molecule has 0 spiro atoms. The highest BCUT2D eigenvalue weighted by Crippen LogP contribution is 2.33. The second-order valence-electron chi connectivity index (χ2n) is 5.64. The molecule has 0 amide bonds. The molecule has 114 valence electrons. The van der Waals surface area contributed by atoms with E-state index in [1.54, 1.807) is 6.20 Å². The number of nitrogens with one attached hydrogen (secondary N) is 2. The predicted molar refractivity (Wildman–Crippen MR) is 82.0 cm³/mol. The average Bonchev–Trinajstić information content (AvgIpc) is 2.95. The fourth-order valence-electron chi connectivity index (χ4n) is 3.05. The molecule has 3 rings (SSSR count). The number of aromatic nitrogens is 4. The van der Waals surface area contributed by atoms with Crippen LogP contribution in [0.2, 0.25) is 0 Å². The van der Waals surface area contributed by atoms with E-state index in [0.29, 0.717) is 11.7 Å². The van der Waals surface area contributed by atoms with Gasteiger partial charge in [0.05, 0.1) is 17.2 Å². The van der Waals surface area contributed by atoms with Gasteiger partial charge in [-0.25, -0.2) is 0 Å². The molecule has 1 saturated heterocycles. The first-order chi connectivity index (χ1) is 10.2. The maximum Gasteiger partial charge on any atom is 0.224 e. The van der Waals surface area contributed by atoms with Gasteiger partial charge in [-0.2, -0.15) is 15.1 Å². The Labute approximate surface area is 123 Å². The average molecular weight is 290 g/mol. The molecule has 7 heteroatoms. The third kappa shape index (κ3) is 2.65. The molecule has 1 unspecified atom stereocenters. The summed E-state index contributed by atoms with van der Waals surface area (Å²) < 4.78 is 6.01. The number of nitrogens with zero attached hydrogens (tertiary/aromatic N) is 3. The highest BCUT2D eigenvalue weighted by atomic mass is 16.5. The summed E-state index contributed by atoms with van der Waals surface area (Å²) in [4.78, 5) is 8.46. The van der Waals surface area contributed by atoms with Gasteiger partial charge in [0.25, 0.3) is 0 Å². The second kappa shape index (κ2) is 5.48. The summed E-state index contributed by atoms with van der Waals surface area (Å²) in [5.41, 5.74) is 6.40. The molecule has 2 aromatic rings. The minimum Gasteiger partial charge on any atom is -0.375 e. The van der Waals surface area contributed by atoms with Gasteiger partial charge in [0, 0.05) is 12.6 Å². The van der Waals surface area contributed by atoms with Crippen LogP contribution in [0.4, 0.5) is 11.8 Å². The molecule has 1 aliphatic rings. The predicted octanol–water partition coefficient (Wildman–Crippen LogP) is 2.08. The van der Waals surface area contributed by atoms with E-state index in [4.69, 9.17) is 10.5 Å². The van der Waals surface area contributed by atoms with Crippen LogP contribution in [0, 0.1) is 0 Å². The SMILES string of the molecule is CCC1(CC)CC(Nc2nc(N)nc3[nH]ncc23)CCO1. The summed E-state index contributed by atoms with van der Waals surface area (Å²) in [6.07, 6.45) is 5.71. The van der Waals surface area contributed by atoms with Crippen molar-refractivity contribution in [2.45, 2.75) is 51.2 Å². The quantitative estimate of drug-likeness (QED) is 0.797. The molecule has 1 aliphatic heterocycles. The minimum absolute atomic E-state index is 0.0238. The van der Waals surface area contributed by atoms with Crippen molar-refractivity contribution in [3.8, 4) is 0 Å². The number of hydrogen-bond donors (Lipinski definition) is 3. The third-order valence-corrected chi connectivity index (χ3v) is 4.45. The van der Waals surface area contributed by atoms with Crippen LogP contribution in [0.5, 0.6) is 0 Å². The van der Waals surface area contributed by atoms with Gasteiger partial charge in [-0.15, -0.1) is 0 Å². The Bertz CT molecular complexity index is 621. The lowest BCUT2D eigenvalue weighted by Gasteiger charge is -2.40. The molecule has 7 nitrogen and oxygen atoms in total. The summed E-state index contributed by atoms with van der Waals surface area (Å²) in [7, 11) is 0. The Morgan fingerprint density at radius 2 is 2.24 bits per heavy atom. The van der Waals surface area contributed by atoms with Crippen molar-refractivity contribution < 1.29 is 4.74 Å². The Morgan fingerprint density at radius 1 is 1.43 bits per heavy atom. The third-order valence-electron chi connectivity index (χ3n) is 4.45. The molecular formula is C14H22N6O. The van der Waals surface area contributed by atoms with Crippen LogP contribution in [-0.4, -0.2) is 38.4 Å². The van der Waals surface area contributed by atoms with Crippen molar-refractivity contribution in [2.75, 3.05) is 17.7 Å². The van der Waals surface area contributed by atoms with Gasteiger partial charge < -0.3 is 15.8 Å². The summed E-state index contributed by atoms with van der Waals surface area (Å²) >= 11 is 0. The minimum atomic E-state index is -0.0238. The number of hydrogen-bond acceptors (Lipinski definition) is 6. The normalized spacial score (nSPS) is 21.5. The van der Waals surface area contributed by atoms with Crippen molar-refractivity contribution in [3.63, 3.8) is 0 Å². The Hall–Kier alpha value is -1.89. The van der Waals surface area contributed by atoms with Crippen molar-refractivity contribution in [2.24, 2.45) is 0 Å². The van der Waals surface area contributed by atoms with E-state index in [2.05, 4.69) is 39.3 Å². The van der Waals surface area contributed by atoms with Crippen LogP contribution < -0.4 is 11.1 Å². The van der Waals surface area contributed by atoms with Crippen LogP contribution in [0.3, 0.4) is 0 Å². The summed E-state index contributed by atoms with van der Waals surface area (Å²) in [5.74, 6) is 0.998. The molecular weight excluding hydrogens is 268 g/mol. The molecule has 2 aromatic heterocycles. The summed E-state index contributed by atoms with van der Waals surface area (Å²) in [6, 6.07) is 0.325. The zero-order valence-corrected chi connectivity index (χ0v) is 12.5. The van der Waals surface area contributed by atoms with Crippen LogP contribution in [0.15, 0.2) is 6.20 Å². The van der Waals surface area contributed by atoms with Crippen LogP contribution >= 0.6 is 0 Å². The lowest BCUT2D eigenvalue weighted by atomic mass is 9.86. The number of anilines is 2. The Kier molecular flexibility index (Phi) is 3.67. The van der Waals surface area contributed by atoms with Gasteiger partial charge in [-0.05, 0) is 25.7 Å². The summed E-state index contributed by atoms with van der Waals surface area (Å²) in [5, 5.41) is 11.2. The number of nitrogen functional groups attached to an aromatic ring is 1. The maximum atomic E-state index is 6.01. The lowest BCUT2D eigenvalue weighted by Crippen LogP contribution is -2.43. The largest absolute Gasteiger partial charge is 0.375 e. The number of aromatic amines is 1. The molecule has 0 aliphatic carbocycles. The number of H-pyrrole nitrogens is 1. The number of rotatable bonds is 4. The lowest BCUT2D eigenvalue weighted by molar-refractivity contribution is -0.0864. The van der Waals surface area contributed by atoms with Gasteiger partial charge in [-0.1, -0.05) is 13.8 Å². The maximum absolute atomic E-state index is 6.01. The zero-order chi connectivity index (χ0) is 14.9. The van der Waals surface area contributed by atoms with Gasteiger partial charge in [0.2, 0.25) is 5.95 Å². The van der Waals surface area contributed by atoms with E-state index in [-0.39, 0.29) is 11.5 Å². The molecule has 21 heavy (non-hydrogen) atoms. The standard InChI is InChI=1S/C14H22N6O/c1-3-14(4-2)7-9(5-6-21-14)17-11-10-8-16-20-12(10)19-13(15)18-11/h8-9H,3-7H2,1-2H3,(H4,15,16,17,18,19,20). The van der Waals surface area contributed by atoms with Gasteiger partial charge >= 0.3 is 0 Å². The molecule has 3 heterocycles. The number of nitrogens with two attached hydrogens (primary N) is 1. The molecule has 1 atom stereocenters. The molecule has 0 saturated carbocycles. The Balaban J connectivity index is 1.83. The van der Waals surface area contributed by atoms with Crippen LogP contribution in [0.1, 0.15) is 39.5 Å². The van der Waals surface area contributed by atoms with E-state index in [1.807, 2.05) is 0 Å². The summed E-state index contributed by atoms with van der Waals surface area (Å²) in [6.45, 7) is 5.14. The molecule has 1 fully saturated rings. The molecule has 4 N–H and O–H groups in total. The van der Waals surface area contributed by atoms with Crippen LogP contribution in [0.25, 0.3) is 11.0 Å². The van der Waals surface area contributed by atoms with Crippen molar-refractivity contribution >= 4 is 22.8 Å². The first-order valence-corrected chi connectivity index (χ1v) is 7.53. The van der Waals surface area contributed by atoms with Gasteiger partial charge in [-0.3, -0.25) is 5.10 Å². The van der Waals surface area contributed by atoms with Crippen molar-refractivity contribution in [3.05, 3.63) is 6.20 Å². The van der Waals surface area contributed by atoms with E-state index < -0.39 is 0 Å². The first kappa shape index (κ1) is 14.1. The Morgan fingerprint density at radius 3 is 3.00 bits per heavy atom. The van der Waals surface area contributed by atoms with Crippen molar-refractivity contribution in [1.29, 1.82) is 0 Å². The smallest absolute Gasteiger partial charge is 0.224 e. The highest BCUT2D eigenvalue weighted by Gasteiger charge is 2.34. The van der Waals surface area contributed by atoms with E-state index in [1.165, 1.54) is 0 Å². The topological polar surface area (TPSA) is 102 Å². The highest BCUT2D eigenvalue weighted by molar-refractivity contribution is 5.86. The first-order valence-electron chi connectivity index (χ1n) is 7.53. The fourth-order valence-corrected chi connectivity index (χ4v) is 3.05.